The zero-order valence-corrected chi connectivity index (χ0v) is 7.71. The smallest absolute Gasteiger partial charge is 0.393 e. The van der Waals surface area contributed by atoms with Gasteiger partial charge in [-0.25, -0.2) is 9.36 Å². The summed E-state index contributed by atoms with van der Waals surface area (Å²) in [5.41, 5.74) is 2.57. The van der Waals surface area contributed by atoms with Crippen LogP contribution in [0.1, 0.15) is 0 Å². The Morgan fingerprint density at radius 1 is 1.40 bits per heavy atom. The number of aromatic nitrogens is 2. The van der Waals surface area contributed by atoms with Crippen molar-refractivity contribution in [2.24, 2.45) is 7.05 Å². The maximum atomic E-state index is 12.0. The number of nitrogen functional groups attached to an aromatic ring is 1. The van der Waals surface area contributed by atoms with Gasteiger partial charge in [-0.3, -0.25) is 4.79 Å². The quantitative estimate of drug-likeness (QED) is 0.710. The molecule has 2 N–H and O–H groups in total. The first-order chi connectivity index (χ1) is 6.72. The predicted molar refractivity (Wildman–Crippen MR) is 46.4 cm³/mol. The Kier molecular flexibility index (Phi) is 2.61. The highest BCUT2D eigenvalue weighted by Crippen LogP contribution is 2.15. The van der Waals surface area contributed by atoms with Gasteiger partial charge in [0.2, 0.25) is 0 Å². The molecule has 84 valence electrons. The monoisotopic (exact) mass is 223 g/mol. The molecule has 0 atom stereocenters. The summed E-state index contributed by atoms with van der Waals surface area (Å²) in [5.74, 6) is 0. The summed E-state index contributed by atoms with van der Waals surface area (Å²) in [6.07, 6.45) is -3.65. The molecule has 0 spiro atoms. The zero-order chi connectivity index (χ0) is 11.8. The first kappa shape index (κ1) is 11.3. The van der Waals surface area contributed by atoms with Crippen LogP contribution >= 0.6 is 0 Å². The lowest BCUT2D eigenvalue weighted by Crippen LogP contribution is -2.42. The summed E-state index contributed by atoms with van der Waals surface area (Å²) in [4.78, 5) is 22.3. The van der Waals surface area contributed by atoms with Gasteiger partial charge in [0.25, 0.3) is 5.56 Å². The molecule has 8 heteroatoms. The minimum atomic E-state index is -4.64. The van der Waals surface area contributed by atoms with E-state index < -0.39 is 29.7 Å². The van der Waals surface area contributed by atoms with Crippen LogP contribution < -0.4 is 17.0 Å². The summed E-state index contributed by atoms with van der Waals surface area (Å²) in [7, 11) is 1.21. The van der Waals surface area contributed by atoms with E-state index in [0.717, 1.165) is 10.8 Å². The SMILES string of the molecule is Cn1cc(N)c(=O)n(CC(F)(F)F)c1=O. The van der Waals surface area contributed by atoms with Crippen LogP contribution in [-0.2, 0) is 13.6 Å². The fourth-order valence-corrected chi connectivity index (χ4v) is 1.07. The largest absolute Gasteiger partial charge is 0.406 e. The van der Waals surface area contributed by atoms with Crippen molar-refractivity contribution in [3.63, 3.8) is 0 Å². The number of anilines is 1. The van der Waals surface area contributed by atoms with Crippen molar-refractivity contribution in [1.29, 1.82) is 0 Å². The Hall–Kier alpha value is -1.73. The number of hydrogen-bond donors (Lipinski definition) is 1. The highest BCUT2D eigenvalue weighted by molar-refractivity contribution is 5.30. The number of nitrogens with two attached hydrogens (primary N) is 1. The minimum Gasteiger partial charge on any atom is -0.393 e. The van der Waals surface area contributed by atoms with E-state index in [4.69, 9.17) is 5.73 Å². The van der Waals surface area contributed by atoms with Gasteiger partial charge in [0.05, 0.1) is 0 Å². The molecule has 0 bridgehead atoms. The van der Waals surface area contributed by atoms with Crippen molar-refractivity contribution in [2.75, 3.05) is 5.73 Å². The second-order valence-electron chi connectivity index (χ2n) is 2.98. The lowest BCUT2D eigenvalue weighted by atomic mass is 10.5. The Bertz CT molecular complexity index is 451. The van der Waals surface area contributed by atoms with Gasteiger partial charge < -0.3 is 10.3 Å². The van der Waals surface area contributed by atoms with Crippen molar-refractivity contribution in [3.05, 3.63) is 27.0 Å². The molecule has 1 aromatic rings. The van der Waals surface area contributed by atoms with Crippen LogP contribution in [0.4, 0.5) is 18.9 Å². The Morgan fingerprint density at radius 2 is 1.93 bits per heavy atom. The molecule has 0 aliphatic rings. The maximum absolute atomic E-state index is 12.0. The second kappa shape index (κ2) is 3.44. The van der Waals surface area contributed by atoms with Crippen molar-refractivity contribution < 1.29 is 13.2 Å². The van der Waals surface area contributed by atoms with Gasteiger partial charge in [0.1, 0.15) is 12.2 Å². The number of halogens is 3. The number of nitrogens with zero attached hydrogens (tertiary/aromatic N) is 2. The lowest BCUT2D eigenvalue weighted by molar-refractivity contribution is -0.142. The van der Waals surface area contributed by atoms with Gasteiger partial charge >= 0.3 is 11.9 Å². The topological polar surface area (TPSA) is 70.0 Å². The van der Waals surface area contributed by atoms with E-state index in [1.54, 1.807) is 0 Å². The third-order valence-electron chi connectivity index (χ3n) is 1.69. The van der Waals surface area contributed by atoms with E-state index in [1.165, 1.54) is 7.05 Å². The van der Waals surface area contributed by atoms with E-state index in [9.17, 15) is 22.8 Å². The molecule has 0 aliphatic carbocycles. The number of rotatable bonds is 1. The highest BCUT2D eigenvalue weighted by atomic mass is 19.4. The molecule has 0 radical (unpaired) electrons. The molecular formula is C7H8F3N3O2. The van der Waals surface area contributed by atoms with Crippen LogP contribution in [-0.4, -0.2) is 15.3 Å². The molecule has 1 aromatic heterocycles. The fraction of sp³-hybridized carbons (Fsp3) is 0.429. The van der Waals surface area contributed by atoms with Crippen LogP contribution in [0, 0.1) is 0 Å². The van der Waals surface area contributed by atoms with Gasteiger partial charge in [0.15, 0.2) is 0 Å². The van der Waals surface area contributed by atoms with E-state index >= 15 is 0 Å². The average molecular weight is 223 g/mol. The van der Waals surface area contributed by atoms with E-state index in [-0.39, 0.29) is 4.57 Å². The zero-order valence-electron chi connectivity index (χ0n) is 7.71. The van der Waals surface area contributed by atoms with E-state index in [1.807, 2.05) is 0 Å². The maximum Gasteiger partial charge on any atom is 0.406 e. The standard InChI is InChI=1S/C7H8F3N3O2/c1-12-2-4(11)5(14)13(6(12)15)3-7(8,9)10/h2H,3,11H2,1H3. The molecule has 1 rings (SSSR count). The molecule has 0 fully saturated rings. The molecule has 0 saturated heterocycles. The van der Waals surface area contributed by atoms with Crippen LogP contribution in [0.25, 0.3) is 0 Å². The lowest BCUT2D eigenvalue weighted by Gasteiger charge is -2.10. The highest BCUT2D eigenvalue weighted by Gasteiger charge is 2.30. The number of hydrogen-bond acceptors (Lipinski definition) is 3. The molecule has 0 amide bonds. The predicted octanol–water partition coefficient (Wildman–Crippen LogP) is -0.309. The normalized spacial score (nSPS) is 11.7. The molecule has 15 heavy (non-hydrogen) atoms. The average Bonchev–Trinajstić information content (AvgIpc) is 2.08. The van der Waals surface area contributed by atoms with Crippen LogP contribution in [0.3, 0.4) is 0 Å². The molecular weight excluding hydrogens is 215 g/mol. The van der Waals surface area contributed by atoms with E-state index in [0.29, 0.717) is 0 Å². The molecule has 1 heterocycles. The summed E-state index contributed by atoms with van der Waals surface area (Å²) < 4.78 is 36.9. The molecule has 0 saturated carbocycles. The molecule has 0 aromatic carbocycles. The van der Waals surface area contributed by atoms with Crippen LogP contribution in [0.5, 0.6) is 0 Å². The van der Waals surface area contributed by atoms with Gasteiger partial charge in [-0.2, -0.15) is 13.2 Å². The third kappa shape index (κ3) is 2.39. The minimum absolute atomic E-state index is 0.0509. The Labute approximate surface area is 81.5 Å². The Morgan fingerprint density at radius 3 is 2.40 bits per heavy atom. The molecule has 0 unspecified atom stereocenters. The van der Waals surface area contributed by atoms with Gasteiger partial charge in [-0.1, -0.05) is 0 Å². The number of aryl methyl sites for hydroxylation is 1. The van der Waals surface area contributed by atoms with Gasteiger partial charge in [-0.15, -0.1) is 0 Å². The van der Waals surface area contributed by atoms with Crippen molar-refractivity contribution in [2.45, 2.75) is 12.7 Å². The van der Waals surface area contributed by atoms with Gasteiger partial charge in [-0.05, 0) is 0 Å². The number of alkyl halides is 3. The Balaban J connectivity index is 3.41. The summed E-state index contributed by atoms with van der Waals surface area (Å²) in [6, 6.07) is 0. The summed E-state index contributed by atoms with van der Waals surface area (Å²) in [5, 5.41) is 0. The van der Waals surface area contributed by atoms with Crippen molar-refractivity contribution >= 4 is 5.69 Å². The van der Waals surface area contributed by atoms with Crippen LogP contribution in [0.15, 0.2) is 15.8 Å². The van der Waals surface area contributed by atoms with Crippen molar-refractivity contribution in [1.82, 2.24) is 9.13 Å². The fourth-order valence-electron chi connectivity index (χ4n) is 1.07. The summed E-state index contributed by atoms with van der Waals surface area (Å²) in [6.45, 7) is -1.64. The second-order valence-corrected chi connectivity index (χ2v) is 2.98. The van der Waals surface area contributed by atoms with Crippen LogP contribution in [0.2, 0.25) is 0 Å². The van der Waals surface area contributed by atoms with E-state index in [2.05, 4.69) is 0 Å². The first-order valence-corrected chi connectivity index (χ1v) is 3.85. The first-order valence-electron chi connectivity index (χ1n) is 3.85. The molecule has 0 aliphatic heterocycles. The third-order valence-corrected chi connectivity index (χ3v) is 1.69. The van der Waals surface area contributed by atoms with Gasteiger partial charge in [0, 0.05) is 13.2 Å². The molecule has 5 nitrogen and oxygen atoms in total. The van der Waals surface area contributed by atoms with Crippen molar-refractivity contribution in [3.8, 4) is 0 Å². The summed E-state index contributed by atoms with van der Waals surface area (Å²) >= 11 is 0.